The number of thioether (sulfide) groups is 1. The van der Waals surface area contributed by atoms with Gasteiger partial charge in [0.25, 0.3) is 5.82 Å². The number of aromatic nitrogens is 4. The molecule has 3 N–H and O–H groups in total. The number of ether oxygens (including phenoxy) is 1. The maximum absolute atomic E-state index is 13.2. The molecule has 0 spiro atoms. The van der Waals surface area contributed by atoms with Gasteiger partial charge in [0, 0.05) is 42.8 Å². The van der Waals surface area contributed by atoms with E-state index in [2.05, 4.69) is 26.2 Å². The van der Waals surface area contributed by atoms with Gasteiger partial charge < -0.3 is 30.3 Å². The topological polar surface area (TPSA) is 189 Å². The van der Waals surface area contributed by atoms with Crippen molar-refractivity contribution >= 4 is 41.4 Å². The van der Waals surface area contributed by atoms with Gasteiger partial charge in [-0.25, -0.2) is 14.3 Å². The van der Waals surface area contributed by atoms with Crippen LogP contribution < -0.4 is 10.6 Å². The number of β-lactam (4-membered cyclic amide) rings is 1. The Labute approximate surface area is 228 Å². The van der Waals surface area contributed by atoms with E-state index in [0.29, 0.717) is 17.9 Å². The molecule has 1 aromatic rings. The number of rotatable bonds is 10. The molecule has 2 saturated heterocycles. The average molecular weight is 565 g/mol. The molecule has 0 radical (unpaired) electrons. The van der Waals surface area contributed by atoms with Gasteiger partial charge in [-0.1, -0.05) is 6.92 Å². The van der Waals surface area contributed by atoms with Crippen molar-refractivity contribution in [3.63, 3.8) is 0 Å². The summed E-state index contributed by atoms with van der Waals surface area (Å²) in [6, 6.07) is -1.39. The van der Waals surface area contributed by atoms with Crippen molar-refractivity contribution in [1.29, 1.82) is 0 Å². The van der Waals surface area contributed by atoms with Gasteiger partial charge in [-0.2, -0.15) is 0 Å². The van der Waals surface area contributed by atoms with Crippen LogP contribution in [-0.2, 0) is 30.5 Å². The van der Waals surface area contributed by atoms with Crippen LogP contribution in [0.1, 0.15) is 37.8 Å². The summed E-state index contributed by atoms with van der Waals surface area (Å²) in [5, 5.41) is 26.6. The monoisotopic (exact) mass is 564 g/mol. The van der Waals surface area contributed by atoms with E-state index in [0.717, 1.165) is 4.68 Å². The molecule has 212 valence electrons. The number of amides is 3. The zero-order valence-corrected chi connectivity index (χ0v) is 23.1. The lowest BCUT2D eigenvalue weighted by Gasteiger charge is -2.47. The highest BCUT2D eigenvalue weighted by molar-refractivity contribution is 8.03. The Morgan fingerprint density at radius 1 is 1.31 bits per heavy atom. The molecule has 3 amide bonds. The molecular weight excluding hydrogens is 532 g/mol. The van der Waals surface area contributed by atoms with Crippen LogP contribution in [0, 0.1) is 11.8 Å². The van der Waals surface area contributed by atoms with Crippen molar-refractivity contribution in [2.75, 3.05) is 27.2 Å². The van der Waals surface area contributed by atoms with Gasteiger partial charge in [-0.05, 0) is 30.7 Å². The Hall–Kier alpha value is -3.53. The van der Waals surface area contributed by atoms with Gasteiger partial charge in [0.1, 0.15) is 12.2 Å². The van der Waals surface area contributed by atoms with Crippen molar-refractivity contribution < 1.29 is 33.8 Å². The molecule has 1 aromatic heterocycles. The van der Waals surface area contributed by atoms with E-state index in [1.807, 2.05) is 6.92 Å². The van der Waals surface area contributed by atoms with Crippen LogP contribution in [0.3, 0.4) is 0 Å². The number of hydrogen-bond acceptors (Lipinski definition) is 11. The van der Waals surface area contributed by atoms with Gasteiger partial charge >= 0.3 is 11.9 Å². The third-order valence-electron chi connectivity index (χ3n) is 7.13. The highest BCUT2D eigenvalue weighted by Crippen LogP contribution is 2.51. The van der Waals surface area contributed by atoms with Crippen LogP contribution in [-0.4, -0.2) is 115 Å². The fraction of sp³-hybridized carbons (Fsp3) is 0.652. The number of carbonyl (C=O) groups is 5. The Morgan fingerprint density at radius 3 is 2.67 bits per heavy atom. The highest BCUT2D eigenvalue weighted by Gasteiger charge is 2.60. The summed E-state index contributed by atoms with van der Waals surface area (Å²) >= 11 is 1.40. The van der Waals surface area contributed by atoms with Crippen LogP contribution in [0.2, 0.25) is 0 Å². The van der Waals surface area contributed by atoms with Crippen molar-refractivity contribution in [2.45, 2.75) is 57.1 Å². The molecule has 4 heterocycles. The van der Waals surface area contributed by atoms with Crippen LogP contribution in [0.5, 0.6) is 0 Å². The van der Waals surface area contributed by atoms with E-state index in [9.17, 15) is 29.1 Å². The van der Waals surface area contributed by atoms with Crippen LogP contribution in [0.4, 0.5) is 0 Å². The molecule has 15 nitrogen and oxygen atoms in total. The molecule has 39 heavy (non-hydrogen) atoms. The van der Waals surface area contributed by atoms with E-state index in [1.54, 1.807) is 27.9 Å². The largest absolute Gasteiger partial charge is 0.477 e. The summed E-state index contributed by atoms with van der Waals surface area (Å²) in [7, 11) is 3.38. The maximum atomic E-state index is 13.2. The molecule has 3 aliphatic rings. The van der Waals surface area contributed by atoms with Gasteiger partial charge in [-0.3, -0.25) is 14.4 Å². The minimum Gasteiger partial charge on any atom is -0.477 e. The van der Waals surface area contributed by atoms with Gasteiger partial charge in [0.15, 0.2) is 0 Å². The number of fused-ring (bicyclic) bond motifs is 1. The molecule has 1 unspecified atom stereocenters. The summed E-state index contributed by atoms with van der Waals surface area (Å²) in [4.78, 5) is 65.9. The molecule has 0 bridgehead atoms. The highest BCUT2D eigenvalue weighted by atomic mass is 32.2. The predicted octanol–water partition coefficient (Wildman–Crippen LogP) is -1.32. The number of carbonyl (C=O) groups excluding carboxylic acids is 4. The van der Waals surface area contributed by atoms with Crippen molar-refractivity contribution in [3.8, 4) is 0 Å². The second kappa shape index (κ2) is 11.3. The first-order valence-electron chi connectivity index (χ1n) is 12.6. The summed E-state index contributed by atoms with van der Waals surface area (Å²) in [5.74, 6) is -4.03. The number of nitrogens with one attached hydrogen (secondary N) is 2. The zero-order chi connectivity index (χ0) is 28.6. The number of tetrazole rings is 1. The van der Waals surface area contributed by atoms with Crippen LogP contribution >= 0.6 is 11.8 Å². The molecular formula is C23H32N8O7S. The second-order valence-corrected chi connectivity index (χ2v) is 11.3. The van der Waals surface area contributed by atoms with E-state index in [4.69, 9.17) is 4.74 Å². The number of aliphatic carboxylic acids is 1. The second-order valence-electron chi connectivity index (χ2n) is 9.94. The minimum atomic E-state index is -1.19. The minimum absolute atomic E-state index is 0.0278. The number of esters is 1. The standard InChI is InChI=1S/C23H32N8O7S/c1-6-38-23(37)19-26-27-28-30(19)9-14(32)25-11(3)15-16-10(2)18(17(22(35)36)31(16)21(15)34)39-12-7-13(24-8-12)20(33)29(4)5/h10-13,15-16,24H,6-9H2,1-5H3,(H,25,32)(H,35,36)/t10-,11-,12+,13?,15-,16-/m1/s1. The smallest absolute Gasteiger partial charge is 0.378 e. The Bertz CT molecular complexity index is 1220. The summed E-state index contributed by atoms with van der Waals surface area (Å²) < 4.78 is 5.89. The quantitative estimate of drug-likeness (QED) is 0.225. The van der Waals surface area contributed by atoms with Crippen molar-refractivity contribution in [2.24, 2.45) is 11.8 Å². The average Bonchev–Trinajstić information content (AvgIpc) is 3.57. The molecule has 16 heteroatoms. The lowest BCUT2D eigenvalue weighted by atomic mass is 9.78. The molecule has 0 saturated carbocycles. The summed E-state index contributed by atoms with van der Waals surface area (Å²) in [5.41, 5.74) is -0.0348. The Kier molecular flexibility index (Phi) is 8.25. The number of carboxylic acids is 1. The molecule has 0 aliphatic carbocycles. The van der Waals surface area contributed by atoms with Crippen LogP contribution in [0.15, 0.2) is 10.6 Å². The SMILES string of the molecule is CCOC(=O)c1nnnn1CC(=O)N[C@H](C)[C@H]1C(=O)N2C(C(=O)O)=C(S[C@@H]3CNC(C(=O)N(C)C)C3)[C@H](C)[C@H]12. The van der Waals surface area contributed by atoms with E-state index in [1.165, 1.54) is 21.6 Å². The van der Waals surface area contributed by atoms with Crippen molar-refractivity contribution in [3.05, 3.63) is 16.4 Å². The van der Waals surface area contributed by atoms with Gasteiger partial charge in [0.05, 0.1) is 24.6 Å². The lowest BCUT2D eigenvalue weighted by molar-refractivity contribution is -0.158. The maximum Gasteiger partial charge on any atom is 0.378 e. The fourth-order valence-electron chi connectivity index (χ4n) is 5.35. The zero-order valence-electron chi connectivity index (χ0n) is 22.3. The molecule has 2 fully saturated rings. The fourth-order valence-corrected chi connectivity index (χ4v) is 6.83. The van der Waals surface area contributed by atoms with Crippen molar-refractivity contribution in [1.82, 2.24) is 40.6 Å². The van der Waals surface area contributed by atoms with Gasteiger partial charge in [-0.15, -0.1) is 16.9 Å². The third-order valence-corrected chi connectivity index (χ3v) is 8.64. The van der Waals surface area contributed by atoms with E-state index >= 15 is 0 Å². The number of hydrogen-bond donors (Lipinski definition) is 3. The normalized spacial score (nSPS) is 26.6. The Morgan fingerprint density at radius 2 is 2.03 bits per heavy atom. The van der Waals surface area contributed by atoms with E-state index < -0.39 is 35.8 Å². The summed E-state index contributed by atoms with van der Waals surface area (Å²) in [6.07, 6.45) is 0.546. The molecule has 4 rings (SSSR count). The Balaban J connectivity index is 1.42. The predicted molar refractivity (Wildman–Crippen MR) is 136 cm³/mol. The number of nitrogens with zero attached hydrogens (tertiary/aromatic N) is 6. The number of carboxylic acid groups (broad SMARTS) is 1. The first-order valence-corrected chi connectivity index (χ1v) is 13.5. The summed E-state index contributed by atoms with van der Waals surface area (Å²) in [6.45, 7) is 5.48. The van der Waals surface area contributed by atoms with Gasteiger partial charge in [0.2, 0.25) is 17.7 Å². The number of likely N-dealkylation sites (N-methyl/N-ethyl adjacent to an activating group) is 1. The molecule has 0 aromatic carbocycles. The first kappa shape index (κ1) is 28.5. The molecule has 6 atom stereocenters. The lowest BCUT2D eigenvalue weighted by Crippen LogP contribution is -2.66. The third kappa shape index (κ3) is 5.34. The molecule has 3 aliphatic heterocycles. The first-order chi connectivity index (χ1) is 18.5. The van der Waals surface area contributed by atoms with Crippen LogP contribution in [0.25, 0.3) is 0 Å². The van der Waals surface area contributed by atoms with E-state index in [-0.39, 0.29) is 53.7 Å².